The molecule has 1 aliphatic rings. The normalized spacial score (nSPS) is 14.8. The highest BCUT2D eigenvalue weighted by Gasteiger charge is 2.25. The van der Waals surface area contributed by atoms with Crippen LogP contribution in [0.4, 0.5) is 0 Å². The van der Waals surface area contributed by atoms with Gasteiger partial charge in [0.25, 0.3) is 10.0 Å². The summed E-state index contributed by atoms with van der Waals surface area (Å²) >= 11 is 0.841. The third kappa shape index (κ3) is 6.84. The summed E-state index contributed by atoms with van der Waals surface area (Å²) in [5.74, 6) is -0.437. The third-order valence-corrected chi connectivity index (χ3v) is 6.74. The van der Waals surface area contributed by atoms with Crippen LogP contribution in [0.15, 0.2) is 10.3 Å². The van der Waals surface area contributed by atoms with Crippen LogP contribution in [0.3, 0.4) is 0 Å². The molecule has 0 spiro atoms. The van der Waals surface area contributed by atoms with Crippen molar-refractivity contribution in [3.8, 4) is 5.75 Å². The number of hydrogen-bond acceptors (Lipinski definition) is 8. The van der Waals surface area contributed by atoms with E-state index in [1.54, 1.807) is 0 Å². The number of esters is 1. The number of carbonyl (C=O) groups is 1. The summed E-state index contributed by atoms with van der Waals surface area (Å²) in [6, 6.07) is 1.38. The van der Waals surface area contributed by atoms with Crippen molar-refractivity contribution in [1.82, 2.24) is 14.9 Å². The minimum absolute atomic E-state index is 0. The lowest BCUT2D eigenvalue weighted by atomic mass is 10.3. The van der Waals surface area contributed by atoms with Crippen molar-refractivity contribution in [2.75, 3.05) is 53.5 Å². The van der Waals surface area contributed by atoms with Gasteiger partial charge in [-0.3, -0.25) is 0 Å². The molecule has 8 nitrogen and oxygen atoms in total. The molecule has 1 aromatic heterocycles. The van der Waals surface area contributed by atoms with Crippen LogP contribution >= 0.6 is 36.2 Å². The van der Waals surface area contributed by atoms with Crippen molar-refractivity contribution in [2.24, 2.45) is 0 Å². The Bertz CT molecular complexity index is 664. The fraction of sp³-hybridized carbons (Fsp3) is 0.643. The molecular formula is C14H25Cl2N3O5S2. The number of methoxy groups -OCH3 is 2. The molecule has 0 amide bonds. The zero-order valence-electron chi connectivity index (χ0n) is 14.6. The lowest BCUT2D eigenvalue weighted by Gasteiger charge is -2.27. The van der Waals surface area contributed by atoms with Crippen LogP contribution in [0.1, 0.15) is 16.1 Å². The van der Waals surface area contributed by atoms with Gasteiger partial charge in [0, 0.05) is 38.8 Å². The number of carbonyl (C=O) groups excluding carboxylic acids is 1. The van der Waals surface area contributed by atoms with E-state index in [0.29, 0.717) is 6.54 Å². The second-order valence-electron chi connectivity index (χ2n) is 5.30. The zero-order valence-corrected chi connectivity index (χ0v) is 17.9. The first-order valence-corrected chi connectivity index (χ1v) is 9.97. The van der Waals surface area contributed by atoms with Crippen molar-refractivity contribution >= 4 is 52.1 Å². The topological polar surface area (TPSA) is 97.0 Å². The fourth-order valence-electron chi connectivity index (χ4n) is 2.40. The van der Waals surface area contributed by atoms with Gasteiger partial charge in [-0.25, -0.2) is 17.9 Å². The smallest absolute Gasteiger partial charge is 0.348 e. The zero-order chi connectivity index (χ0) is 17.6. The lowest BCUT2D eigenvalue weighted by molar-refractivity contribution is 0.0606. The molecule has 152 valence electrons. The summed E-state index contributed by atoms with van der Waals surface area (Å²) in [5, 5.41) is 3.28. The van der Waals surface area contributed by atoms with Crippen molar-refractivity contribution in [1.29, 1.82) is 0 Å². The van der Waals surface area contributed by atoms with Crippen molar-refractivity contribution in [3.05, 3.63) is 10.9 Å². The standard InChI is InChI=1S/C14H23N3O5S2.2ClH/c1-21-11-10-12(13(18)22-2)23-14(11)24(19,20)16-4-3-7-17-8-5-15-6-9-17;;/h10,15-16H,3-9H2,1-2H3;2*1H. The summed E-state index contributed by atoms with van der Waals surface area (Å²) in [6.45, 7) is 5.07. The second kappa shape index (κ2) is 12.0. The van der Waals surface area contributed by atoms with Crippen molar-refractivity contribution in [3.63, 3.8) is 0 Å². The van der Waals surface area contributed by atoms with E-state index in [1.807, 2.05) is 0 Å². The van der Waals surface area contributed by atoms with Crippen molar-refractivity contribution in [2.45, 2.75) is 10.6 Å². The van der Waals surface area contributed by atoms with Crippen LogP contribution in [-0.2, 0) is 14.8 Å². The van der Waals surface area contributed by atoms with Gasteiger partial charge in [0.15, 0.2) is 9.96 Å². The van der Waals surface area contributed by atoms with Gasteiger partial charge in [0.05, 0.1) is 14.2 Å². The largest absolute Gasteiger partial charge is 0.494 e. The Morgan fingerprint density at radius 2 is 1.96 bits per heavy atom. The molecule has 26 heavy (non-hydrogen) atoms. The molecule has 2 heterocycles. The van der Waals surface area contributed by atoms with Crippen LogP contribution in [0.25, 0.3) is 0 Å². The Hall–Kier alpha value is -0.620. The van der Waals surface area contributed by atoms with E-state index in [9.17, 15) is 13.2 Å². The van der Waals surface area contributed by atoms with Crippen LogP contribution in [0.2, 0.25) is 0 Å². The predicted molar refractivity (Wildman–Crippen MR) is 106 cm³/mol. The quantitative estimate of drug-likeness (QED) is 0.450. The molecule has 12 heteroatoms. The summed E-state index contributed by atoms with van der Waals surface area (Å²) < 4.78 is 37.1. The van der Waals surface area contributed by atoms with Gasteiger partial charge in [-0.15, -0.1) is 36.2 Å². The number of sulfonamides is 1. The Kier molecular flexibility index (Phi) is 11.7. The number of piperazine rings is 1. The van der Waals surface area contributed by atoms with E-state index >= 15 is 0 Å². The minimum atomic E-state index is -3.72. The molecule has 0 aliphatic carbocycles. The average Bonchev–Trinajstić information content (AvgIpc) is 3.04. The monoisotopic (exact) mass is 449 g/mol. The molecule has 0 radical (unpaired) electrons. The molecule has 0 aromatic carbocycles. The number of thiophene rings is 1. The highest BCUT2D eigenvalue weighted by atomic mass is 35.5. The van der Waals surface area contributed by atoms with Crippen LogP contribution in [-0.4, -0.2) is 72.8 Å². The molecule has 2 rings (SSSR count). The summed E-state index contributed by atoms with van der Waals surface area (Å²) in [4.78, 5) is 14.1. The van der Waals surface area contributed by atoms with Crippen LogP contribution in [0.5, 0.6) is 5.75 Å². The van der Waals surface area contributed by atoms with Gasteiger partial charge in [-0.1, -0.05) is 0 Å². The number of nitrogens with one attached hydrogen (secondary N) is 2. The molecule has 1 aliphatic heterocycles. The molecule has 0 atom stereocenters. The molecule has 1 aromatic rings. The number of nitrogens with zero attached hydrogens (tertiary/aromatic N) is 1. The summed E-state index contributed by atoms with van der Waals surface area (Å²) in [6.07, 6.45) is 0.719. The molecule has 2 N–H and O–H groups in total. The van der Waals surface area contributed by atoms with E-state index in [0.717, 1.165) is 50.5 Å². The molecule has 0 unspecified atom stereocenters. The summed E-state index contributed by atoms with van der Waals surface area (Å²) in [5.41, 5.74) is 0. The van der Waals surface area contributed by atoms with Gasteiger partial charge in [-0.2, -0.15) is 0 Å². The average molecular weight is 450 g/mol. The molecule has 1 fully saturated rings. The van der Waals surface area contributed by atoms with Crippen LogP contribution in [0, 0.1) is 0 Å². The predicted octanol–water partition coefficient (Wildman–Crippen LogP) is 0.960. The summed E-state index contributed by atoms with van der Waals surface area (Å²) in [7, 11) is -1.11. The van der Waals surface area contributed by atoms with Gasteiger partial charge in [0.1, 0.15) is 4.88 Å². The number of rotatable bonds is 8. The first kappa shape index (κ1) is 25.4. The van der Waals surface area contributed by atoms with Crippen molar-refractivity contribution < 1.29 is 22.7 Å². The van der Waals surface area contributed by atoms with E-state index in [4.69, 9.17) is 4.74 Å². The Morgan fingerprint density at radius 1 is 1.31 bits per heavy atom. The maximum atomic E-state index is 12.4. The first-order chi connectivity index (χ1) is 11.5. The Balaban J connectivity index is 0.00000312. The number of hydrogen-bond donors (Lipinski definition) is 2. The SMILES string of the molecule is COC(=O)c1cc(OC)c(S(=O)(=O)NCCCN2CCNCC2)s1.Cl.Cl. The van der Waals surface area contributed by atoms with E-state index in [-0.39, 0.29) is 39.6 Å². The van der Waals surface area contributed by atoms with E-state index in [1.165, 1.54) is 20.3 Å². The number of ether oxygens (including phenoxy) is 2. The third-order valence-electron chi connectivity index (χ3n) is 3.67. The van der Waals surface area contributed by atoms with Gasteiger partial charge in [0.2, 0.25) is 0 Å². The molecular weight excluding hydrogens is 425 g/mol. The lowest BCUT2D eigenvalue weighted by Crippen LogP contribution is -2.44. The Labute approximate surface area is 170 Å². The van der Waals surface area contributed by atoms with E-state index < -0.39 is 16.0 Å². The number of halogens is 2. The molecule has 0 bridgehead atoms. The van der Waals surface area contributed by atoms with Gasteiger partial charge >= 0.3 is 5.97 Å². The maximum Gasteiger partial charge on any atom is 0.348 e. The highest BCUT2D eigenvalue weighted by Crippen LogP contribution is 2.33. The van der Waals surface area contributed by atoms with Gasteiger partial charge < -0.3 is 19.7 Å². The maximum absolute atomic E-state index is 12.4. The fourth-order valence-corrected chi connectivity index (χ4v) is 5.01. The first-order valence-electron chi connectivity index (χ1n) is 7.67. The minimum Gasteiger partial charge on any atom is -0.494 e. The van der Waals surface area contributed by atoms with Crippen LogP contribution < -0.4 is 14.8 Å². The second-order valence-corrected chi connectivity index (χ2v) is 8.32. The van der Waals surface area contributed by atoms with E-state index in [2.05, 4.69) is 19.7 Å². The molecule has 1 saturated heterocycles. The molecule has 0 saturated carbocycles. The Morgan fingerprint density at radius 3 is 2.54 bits per heavy atom. The highest BCUT2D eigenvalue weighted by molar-refractivity contribution is 7.91. The van der Waals surface area contributed by atoms with Gasteiger partial charge in [-0.05, 0) is 13.0 Å².